The second-order valence-corrected chi connectivity index (χ2v) is 6.57. The molecule has 0 radical (unpaired) electrons. The van der Waals surface area contributed by atoms with Gasteiger partial charge in [0, 0.05) is 30.6 Å². The number of carbonyl (C=O) groups excluding carboxylic acids is 1. The highest BCUT2D eigenvalue weighted by Crippen LogP contribution is 2.25. The Hall–Kier alpha value is -1.42. The highest BCUT2D eigenvalue weighted by Gasteiger charge is 2.34. The molecule has 1 saturated heterocycles. The van der Waals surface area contributed by atoms with Crippen LogP contribution in [0.2, 0.25) is 0 Å². The number of rotatable bonds is 1. The summed E-state index contributed by atoms with van der Waals surface area (Å²) in [6.07, 6.45) is 0. The number of benzene rings is 1. The van der Waals surface area contributed by atoms with E-state index in [9.17, 15) is 9.18 Å². The first-order valence-corrected chi connectivity index (χ1v) is 7.09. The average Bonchev–Trinajstić information content (AvgIpc) is 2.38. The van der Waals surface area contributed by atoms with Crippen molar-refractivity contribution in [2.24, 2.45) is 5.41 Å². The molecule has 3 nitrogen and oxygen atoms in total. The summed E-state index contributed by atoms with van der Waals surface area (Å²) >= 11 is 0. The summed E-state index contributed by atoms with van der Waals surface area (Å²) in [4.78, 5) is 14.4. The molecule has 0 spiro atoms. The molecule has 1 heterocycles. The van der Waals surface area contributed by atoms with Gasteiger partial charge in [0.1, 0.15) is 5.82 Å². The molecular weight excluding hydrogens is 255 g/mol. The standard InChI is InChI=1S/C16H23FN2O/c1-11-9-18-14(12-5-7-13(17)8-6-12)10-19(11)15(20)16(2,3)4/h5-8,11,14,18H,9-10H2,1-4H3/t11-,14?/m0/s1. The lowest BCUT2D eigenvalue weighted by Crippen LogP contribution is -2.56. The molecule has 1 amide bonds. The highest BCUT2D eigenvalue weighted by molar-refractivity contribution is 5.82. The number of halogens is 1. The third-order valence-corrected chi connectivity index (χ3v) is 3.75. The van der Waals surface area contributed by atoms with E-state index in [-0.39, 0.29) is 29.2 Å². The van der Waals surface area contributed by atoms with E-state index < -0.39 is 0 Å². The topological polar surface area (TPSA) is 32.3 Å². The van der Waals surface area contributed by atoms with Crippen molar-refractivity contribution in [2.75, 3.05) is 13.1 Å². The minimum Gasteiger partial charge on any atom is -0.336 e. The molecule has 2 rings (SSSR count). The van der Waals surface area contributed by atoms with Gasteiger partial charge in [0.25, 0.3) is 0 Å². The second-order valence-electron chi connectivity index (χ2n) is 6.57. The number of carbonyl (C=O) groups is 1. The van der Waals surface area contributed by atoms with Gasteiger partial charge in [0.2, 0.25) is 5.91 Å². The summed E-state index contributed by atoms with van der Waals surface area (Å²) in [6.45, 7) is 9.26. The van der Waals surface area contributed by atoms with Crippen LogP contribution in [0.5, 0.6) is 0 Å². The number of hydrogen-bond acceptors (Lipinski definition) is 2. The van der Waals surface area contributed by atoms with Crippen LogP contribution >= 0.6 is 0 Å². The van der Waals surface area contributed by atoms with E-state index in [2.05, 4.69) is 12.2 Å². The smallest absolute Gasteiger partial charge is 0.228 e. The first-order chi connectivity index (χ1) is 9.29. The first-order valence-electron chi connectivity index (χ1n) is 7.09. The van der Waals surface area contributed by atoms with Crippen LogP contribution in [0.1, 0.15) is 39.3 Å². The Kier molecular flexibility index (Phi) is 4.14. The Morgan fingerprint density at radius 3 is 2.45 bits per heavy atom. The highest BCUT2D eigenvalue weighted by atomic mass is 19.1. The zero-order valence-electron chi connectivity index (χ0n) is 12.6. The Bertz CT molecular complexity index is 478. The molecule has 1 aromatic carbocycles. The molecule has 20 heavy (non-hydrogen) atoms. The predicted octanol–water partition coefficient (Wildman–Crippen LogP) is 2.73. The molecular formula is C16H23FN2O. The molecule has 110 valence electrons. The van der Waals surface area contributed by atoms with Gasteiger partial charge in [-0.1, -0.05) is 32.9 Å². The zero-order chi connectivity index (χ0) is 14.9. The minimum absolute atomic E-state index is 0.0677. The lowest BCUT2D eigenvalue weighted by Gasteiger charge is -2.41. The van der Waals surface area contributed by atoms with Gasteiger partial charge in [-0.2, -0.15) is 0 Å². The minimum atomic E-state index is -0.376. The lowest BCUT2D eigenvalue weighted by atomic mass is 9.92. The van der Waals surface area contributed by atoms with Crippen LogP contribution in [0.3, 0.4) is 0 Å². The van der Waals surface area contributed by atoms with Gasteiger partial charge in [-0.15, -0.1) is 0 Å². The predicted molar refractivity (Wildman–Crippen MR) is 77.8 cm³/mol. The van der Waals surface area contributed by atoms with Crippen molar-refractivity contribution in [2.45, 2.75) is 39.8 Å². The van der Waals surface area contributed by atoms with Gasteiger partial charge in [0.05, 0.1) is 0 Å². The summed E-state index contributed by atoms with van der Waals surface area (Å²) in [5, 5.41) is 3.42. The van der Waals surface area contributed by atoms with Crippen molar-refractivity contribution >= 4 is 5.91 Å². The Morgan fingerprint density at radius 1 is 1.30 bits per heavy atom. The third kappa shape index (κ3) is 3.18. The van der Waals surface area contributed by atoms with E-state index in [1.807, 2.05) is 25.7 Å². The Morgan fingerprint density at radius 2 is 1.90 bits per heavy atom. The van der Waals surface area contributed by atoms with Crippen molar-refractivity contribution in [1.82, 2.24) is 10.2 Å². The quantitative estimate of drug-likeness (QED) is 0.856. The van der Waals surface area contributed by atoms with E-state index >= 15 is 0 Å². The Labute approximate surface area is 120 Å². The molecule has 1 aliphatic heterocycles. The summed E-state index contributed by atoms with van der Waals surface area (Å²) in [5.74, 6) is -0.0702. The van der Waals surface area contributed by atoms with Gasteiger partial charge in [-0.25, -0.2) is 4.39 Å². The number of hydrogen-bond donors (Lipinski definition) is 1. The molecule has 1 fully saturated rings. The molecule has 0 saturated carbocycles. The maximum Gasteiger partial charge on any atom is 0.228 e. The molecule has 1 N–H and O–H groups in total. The van der Waals surface area contributed by atoms with Gasteiger partial charge >= 0.3 is 0 Å². The van der Waals surface area contributed by atoms with Gasteiger partial charge in [0.15, 0.2) is 0 Å². The molecule has 1 aromatic rings. The zero-order valence-corrected chi connectivity index (χ0v) is 12.6. The van der Waals surface area contributed by atoms with Crippen LogP contribution in [-0.2, 0) is 4.79 Å². The van der Waals surface area contributed by atoms with Gasteiger partial charge < -0.3 is 10.2 Å². The number of nitrogens with one attached hydrogen (secondary N) is 1. The monoisotopic (exact) mass is 278 g/mol. The van der Waals surface area contributed by atoms with Crippen LogP contribution in [0.25, 0.3) is 0 Å². The van der Waals surface area contributed by atoms with E-state index in [1.165, 1.54) is 12.1 Å². The lowest BCUT2D eigenvalue weighted by molar-refractivity contribution is -0.143. The fourth-order valence-corrected chi connectivity index (χ4v) is 2.50. The summed E-state index contributed by atoms with van der Waals surface area (Å²) in [6, 6.07) is 6.73. The van der Waals surface area contributed by atoms with Crippen molar-refractivity contribution in [3.63, 3.8) is 0 Å². The Balaban J connectivity index is 2.16. The van der Waals surface area contributed by atoms with Crippen LogP contribution in [-0.4, -0.2) is 29.9 Å². The summed E-state index contributed by atoms with van der Waals surface area (Å²) in [5.41, 5.74) is 0.642. The van der Waals surface area contributed by atoms with Crippen LogP contribution in [0.4, 0.5) is 4.39 Å². The normalized spacial score (nSPS) is 23.8. The molecule has 1 aliphatic rings. The van der Waals surface area contributed by atoms with Crippen LogP contribution < -0.4 is 5.32 Å². The number of amides is 1. The summed E-state index contributed by atoms with van der Waals surface area (Å²) in [7, 11) is 0. The van der Waals surface area contributed by atoms with E-state index in [1.54, 1.807) is 12.1 Å². The molecule has 0 aliphatic carbocycles. The van der Waals surface area contributed by atoms with E-state index in [4.69, 9.17) is 0 Å². The molecule has 1 unspecified atom stereocenters. The first kappa shape index (κ1) is 15.0. The average molecular weight is 278 g/mol. The second kappa shape index (κ2) is 5.52. The fraction of sp³-hybridized carbons (Fsp3) is 0.562. The van der Waals surface area contributed by atoms with Crippen LogP contribution in [0.15, 0.2) is 24.3 Å². The van der Waals surface area contributed by atoms with Crippen molar-refractivity contribution in [1.29, 1.82) is 0 Å². The molecule has 2 atom stereocenters. The maximum absolute atomic E-state index is 13.0. The number of nitrogens with zero attached hydrogens (tertiary/aromatic N) is 1. The van der Waals surface area contributed by atoms with Crippen molar-refractivity contribution in [3.05, 3.63) is 35.6 Å². The third-order valence-electron chi connectivity index (χ3n) is 3.75. The van der Waals surface area contributed by atoms with Crippen LogP contribution in [0, 0.1) is 11.2 Å². The van der Waals surface area contributed by atoms with E-state index in [0.717, 1.165) is 12.1 Å². The van der Waals surface area contributed by atoms with Gasteiger partial charge in [-0.3, -0.25) is 4.79 Å². The molecule has 0 bridgehead atoms. The molecule has 0 aromatic heterocycles. The van der Waals surface area contributed by atoms with Gasteiger partial charge in [-0.05, 0) is 24.6 Å². The molecule has 4 heteroatoms. The fourth-order valence-electron chi connectivity index (χ4n) is 2.50. The van der Waals surface area contributed by atoms with Crippen molar-refractivity contribution in [3.8, 4) is 0 Å². The maximum atomic E-state index is 13.0. The summed E-state index contributed by atoms with van der Waals surface area (Å²) < 4.78 is 13.0. The number of piperazine rings is 1. The largest absolute Gasteiger partial charge is 0.336 e. The van der Waals surface area contributed by atoms with E-state index in [0.29, 0.717) is 6.54 Å². The SMILES string of the molecule is C[C@H]1CNC(c2ccc(F)cc2)CN1C(=O)C(C)(C)C. The van der Waals surface area contributed by atoms with Crippen molar-refractivity contribution < 1.29 is 9.18 Å².